The lowest BCUT2D eigenvalue weighted by atomic mass is 9.86. The van der Waals surface area contributed by atoms with Crippen LogP contribution in [0, 0.1) is 0 Å². The topological polar surface area (TPSA) is 66.0 Å². The number of aromatic nitrogens is 4. The van der Waals surface area contributed by atoms with Gasteiger partial charge in [0, 0.05) is 19.9 Å². The van der Waals surface area contributed by atoms with Crippen molar-refractivity contribution in [1.29, 1.82) is 0 Å². The van der Waals surface area contributed by atoms with Crippen LogP contribution in [0.2, 0.25) is 0 Å². The summed E-state index contributed by atoms with van der Waals surface area (Å²) in [5.41, 5.74) is -1.57. The van der Waals surface area contributed by atoms with Gasteiger partial charge in [0.25, 0.3) is 5.89 Å². The summed E-state index contributed by atoms with van der Waals surface area (Å²) in [7, 11) is 1.59. The Kier molecular flexibility index (Phi) is 4.37. The first-order valence-corrected chi connectivity index (χ1v) is 7.88. The average Bonchev–Trinajstić information content (AvgIpc) is 3.25. The predicted octanol–water partition coefficient (Wildman–Crippen LogP) is 3.43. The number of aryl methyl sites for hydroxylation is 1. The third kappa shape index (κ3) is 2.92. The molecule has 0 saturated heterocycles. The Labute approximate surface area is 137 Å². The molecular weight excluding hydrogens is 325 g/mol. The molecule has 0 unspecified atom stereocenters. The number of ether oxygens (including phenoxy) is 1. The maximum absolute atomic E-state index is 13.2. The summed E-state index contributed by atoms with van der Waals surface area (Å²) in [6.45, 7) is 2.45. The lowest BCUT2D eigenvalue weighted by Crippen LogP contribution is -2.29. The Morgan fingerprint density at radius 3 is 2.62 bits per heavy atom. The minimum atomic E-state index is -4.58. The van der Waals surface area contributed by atoms with Crippen LogP contribution in [0.1, 0.15) is 44.1 Å². The SMILES string of the molecule is CCn1cc(-c2nc(C3(COC)CCCC3)no2)c(C(F)(F)F)n1. The van der Waals surface area contributed by atoms with Gasteiger partial charge < -0.3 is 9.26 Å². The number of halogens is 3. The van der Waals surface area contributed by atoms with E-state index in [1.165, 1.54) is 10.9 Å². The zero-order chi connectivity index (χ0) is 17.4. The number of alkyl halides is 3. The normalized spacial score (nSPS) is 17.5. The molecular formula is C15H19F3N4O2. The predicted molar refractivity (Wildman–Crippen MR) is 78.2 cm³/mol. The standard InChI is InChI=1S/C15H19F3N4O2/c1-3-22-8-10(11(20-22)15(16,17)18)12-19-13(21-24-12)14(9-23-2)6-4-5-7-14/h8H,3-7,9H2,1-2H3. The smallest absolute Gasteiger partial charge is 0.384 e. The fourth-order valence-corrected chi connectivity index (χ4v) is 3.26. The molecule has 0 bridgehead atoms. The lowest BCUT2D eigenvalue weighted by molar-refractivity contribution is -0.141. The van der Waals surface area contributed by atoms with Crippen molar-refractivity contribution in [1.82, 2.24) is 19.9 Å². The first kappa shape index (κ1) is 16.9. The van der Waals surface area contributed by atoms with Crippen LogP contribution in [0.25, 0.3) is 11.5 Å². The zero-order valence-electron chi connectivity index (χ0n) is 13.6. The van der Waals surface area contributed by atoms with Crippen molar-refractivity contribution in [2.75, 3.05) is 13.7 Å². The van der Waals surface area contributed by atoms with E-state index >= 15 is 0 Å². The molecule has 9 heteroatoms. The summed E-state index contributed by atoms with van der Waals surface area (Å²) in [5, 5.41) is 7.53. The van der Waals surface area contributed by atoms with Crippen molar-refractivity contribution in [3.8, 4) is 11.5 Å². The van der Waals surface area contributed by atoms with Crippen molar-refractivity contribution in [2.45, 2.75) is 50.7 Å². The van der Waals surface area contributed by atoms with Crippen molar-refractivity contribution in [3.05, 3.63) is 17.7 Å². The van der Waals surface area contributed by atoms with Gasteiger partial charge >= 0.3 is 6.18 Å². The van der Waals surface area contributed by atoms with Crippen LogP contribution >= 0.6 is 0 Å². The molecule has 1 aliphatic rings. The molecule has 6 nitrogen and oxygen atoms in total. The second-order valence-corrected chi connectivity index (χ2v) is 6.09. The average molecular weight is 344 g/mol. The van der Waals surface area contributed by atoms with Crippen LogP contribution in [0.3, 0.4) is 0 Å². The van der Waals surface area contributed by atoms with Crippen molar-refractivity contribution in [2.24, 2.45) is 0 Å². The van der Waals surface area contributed by atoms with E-state index in [-0.39, 0.29) is 16.9 Å². The number of methoxy groups -OCH3 is 1. The van der Waals surface area contributed by atoms with Crippen LogP contribution in [0.5, 0.6) is 0 Å². The summed E-state index contributed by atoms with van der Waals surface area (Å²) in [6, 6.07) is 0. The Bertz CT molecular complexity index is 702. The molecule has 0 amide bonds. The highest BCUT2D eigenvalue weighted by Crippen LogP contribution is 2.41. The van der Waals surface area contributed by atoms with Gasteiger partial charge in [-0.2, -0.15) is 23.3 Å². The molecule has 24 heavy (non-hydrogen) atoms. The molecule has 1 aliphatic carbocycles. The first-order valence-electron chi connectivity index (χ1n) is 7.88. The number of hydrogen-bond donors (Lipinski definition) is 0. The van der Waals surface area contributed by atoms with E-state index in [0.717, 1.165) is 25.7 Å². The van der Waals surface area contributed by atoms with Gasteiger partial charge in [0.05, 0.1) is 17.6 Å². The van der Waals surface area contributed by atoms with Crippen molar-refractivity contribution < 1.29 is 22.4 Å². The molecule has 0 aromatic carbocycles. The molecule has 3 rings (SSSR count). The highest BCUT2D eigenvalue weighted by atomic mass is 19.4. The lowest BCUT2D eigenvalue weighted by Gasteiger charge is -2.23. The first-order chi connectivity index (χ1) is 11.4. The second-order valence-electron chi connectivity index (χ2n) is 6.09. The van der Waals surface area contributed by atoms with Crippen LogP contribution in [0.15, 0.2) is 10.7 Å². The van der Waals surface area contributed by atoms with Crippen LogP contribution < -0.4 is 0 Å². The molecule has 0 atom stereocenters. The minimum Gasteiger partial charge on any atom is -0.384 e. The third-order valence-corrected chi connectivity index (χ3v) is 4.47. The highest BCUT2D eigenvalue weighted by molar-refractivity contribution is 5.56. The highest BCUT2D eigenvalue weighted by Gasteiger charge is 2.42. The number of hydrogen-bond acceptors (Lipinski definition) is 5. The van der Waals surface area contributed by atoms with Gasteiger partial charge in [0.1, 0.15) is 0 Å². The molecule has 0 radical (unpaired) electrons. The quantitative estimate of drug-likeness (QED) is 0.831. The van der Waals surface area contributed by atoms with Gasteiger partial charge in [-0.25, -0.2) is 0 Å². The van der Waals surface area contributed by atoms with Crippen LogP contribution in [-0.2, 0) is 22.9 Å². The minimum absolute atomic E-state index is 0.153. The molecule has 2 heterocycles. The van der Waals surface area contributed by atoms with Gasteiger partial charge in [-0.3, -0.25) is 4.68 Å². The van der Waals surface area contributed by atoms with E-state index in [0.29, 0.717) is 19.0 Å². The van der Waals surface area contributed by atoms with Gasteiger partial charge in [-0.05, 0) is 19.8 Å². The monoisotopic (exact) mass is 344 g/mol. The molecule has 2 aromatic heterocycles. The summed E-state index contributed by atoms with van der Waals surface area (Å²) < 4.78 is 51.3. The van der Waals surface area contributed by atoms with Gasteiger partial charge in [0.15, 0.2) is 11.5 Å². The molecule has 0 N–H and O–H groups in total. The Morgan fingerprint density at radius 2 is 2.04 bits per heavy atom. The molecule has 1 saturated carbocycles. The van der Waals surface area contributed by atoms with E-state index in [1.54, 1.807) is 14.0 Å². The van der Waals surface area contributed by atoms with E-state index < -0.39 is 11.9 Å². The van der Waals surface area contributed by atoms with Crippen molar-refractivity contribution >= 4 is 0 Å². The molecule has 0 aliphatic heterocycles. The number of nitrogens with zero attached hydrogens (tertiary/aromatic N) is 4. The van der Waals surface area contributed by atoms with Gasteiger partial charge in [-0.1, -0.05) is 18.0 Å². The summed E-state index contributed by atoms with van der Waals surface area (Å²) in [5.74, 6) is 0.258. The largest absolute Gasteiger partial charge is 0.435 e. The fraction of sp³-hybridized carbons (Fsp3) is 0.667. The molecule has 1 fully saturated rings. The Morgan fingerprint density at radius 1 is 1.33 bits per heavy atom. The Hall–Kier alpha value is -1.90. The van der Waals surface area contributed by atoms with Crippen LogP contribution in [-0.4, -0.2) is 33.6 Å². The molecule has 132 valence electrons. The molecule has 0 spiro atoms. The third-order valence-electron chi connectivity index (χ3n) is 4.47. The summed E-state index contributed by atoms with van der Waals surface area (Å²) >= 11 is 0. The molecule has 2 aromatic rings. The van der Waals surface area contributed by atoms with Crippen LogP contribution in [0.4, 0.5) is 13.2 Å². The van der Waals surface area contributed by atoms with Gasteiger partial charge in [0.2, 0.25) is 0 Å². The van der Waals surface area contributed by atoms with E-state index in [2.05, 4.69) is 15.2 Å². The van der Waals surface area contributed by atoms with Gasteiger partial charge in [-0.15, -0.1) is 0 Å². The second kappa shape index (κ2) is 6.19. The maximum Gasteiger partial charge on any atom is 0.435 e. The fourth-order valence-electron chi connectivity index (χ4n) is 3.26. The zero-order valence-corrected chi connectivity index (χ0v) is 13.6. The van der Waals surface area contributed by atoms with E-state index in [4.69, 9.17) is 9.26 Å². The van der Waals surface area contributed by atoms with Crippen molar-refractivity contribution in [3.63, 3.8) is 0 Å². The Balaban J connectivity index is 2.01. The summed E-state index contributed by atoms with van der Waals surface area (Å²) in [4.78, 5) is 4.26. The summed E-state index contributed by atoms with van der Waals surface area (Å²) in [6.07, 6.45) is 0.393. The van der Waals surface area contributed by atoms with E-state index in [9.17, 15) is 13.2 Å². The number of rotatable bonds is 5. The van der Waals surface area contributed by atoms with E-state index in [1.807, 2.05) is 0 Å². The maximum atomic E-state index is 13.2.